The minimum Gasteiger partial charge on any atom is -0.198 e. The molecule has 0 N–H and O–H groups in total. The van der Waals surface area contributed by atoms with E-state index in [0.29, 0.717) is 0 Å². The highest BCUT2D eigenvalue weighted by atomic mass is 14.4. The molecule has 1 aliphatic rings. The van der Waals surface area contributed by atoms with Crippen molar-refractivity contribution in [1.82, 2.24) is 0 Å². The van der Waals surface area contributed by atoms with Crippen molar-refractivity contribution in [2.75, 3.05) is 0 Å². The first kappa shape index (κ1) is 14.1. The fraction of sp³-hybridized carbons (Fsp3) is 0.611. The SMILES string of the molecule is CCc1ccc(CC2(C#N)CCCCCCC2)cc1. The molecule has 0 heterocycles. The molecule has 2 rings (SSSR count). The van der Waals surface area contributed by atoms with E-state index in [1.807, 2.05) is 0 Å². The second kappa shape index (κ2) is 6.75. The molecule has 1 saturated carbocycles. The van der Waals surface area contributed by atoms with Crippen molar-refractivity contribution in [3.05, 3.63) is 35.4 Å². The molecule has 0 radical (unpaired) electrons. The fourth-order valence-electron chi connectivity index (χ4n) is 3.19. The molecule has 1 aromatic carbocycles. The van der Waals surface area contributed by atoms with Gasteiger partial charge in [0.05, 0.1) is 11.5 Å². The lowest BCUT2D eigenvalue weighted by atomic mass is 9.73. The first-order chi connectivity index (χ1) is 9.28. The van der Waals surface area contributed by atoms with Crippen molar-refractivity contribution in [3.63, 3.8) is 0 Å². The zero-order valence-corrected chi connectivity index (χ0v) is 12.1. The Morgan fingerprint density at radius 3 is 2.00 bits per heavy atom. The number of rotatable bonds is 3. The van der Waals surface area contributed by atoms with Gasteiger partial charge in [-0.2, -0.15) is 5.26 Å². The van der Waals surface area contributed by atoms with Crippen molar-refractivity contribution in [2.45, 2.75) is 64.7 Å². The van der Waals surface area contributed by atoms with Gasteiger partial charge in [-0.15, -0.1) is 0 Å². The van der Waals surface area contributed by atoms with Crippen molar-refractivity contribution >= 4 is 0 Å². The Morgan fingerprint density at radius 2 is 1.47 bits per heavy atom. The van der Waals surface area contributed by atoms with Crippen LogP contribution in [0, 0.1) is 16.7 Å². The van der Waals surface area contributed by atoms with E-state index in [1.54, 1.807) is 0 Å². The van der Waals surface area contributed by atoms with Gasteiger partial charge >= 0.3 is 0 Å². The highest BCUT2D eigenvalue weighted by Gasteiger charge is 2.30. The number of nitrogens with zero attached hydrogens (tertiary/aromatic N) is 1. The molecule has 19 heavy (non-hydrogen) atoms. The highest BCUT2D eigenvalue weighted by molar-refractivity contribution is 5.25. The summed E-state index contributed by atoms with van der Waals surface area (Å²) in [5.41, 5.74) is 2.61. The average Bonchev–Trinajstić information content (AvgIpc) is 2.43. The topological polar surface area (TPSA) is 23.8 Å². The molecule has 0 spiro atoms. The molecule has 0 bridgehead atoms. The molecular weight excluding hydrogens is 230 g/mol. The maximum Gasteiger partial charge on any atom is 0.0693 e. The third-order valence-corrected chi connectivity index (χ3v) is 4.52. The van der Waals surface area contributed by atoms with E-state index >= 15 is 0 Å². The van der Waals surface area contributed by atoms with Crippen LogP contribution in [0.1, 0.15) is 63.0 Å². The van der Waals surface area contributed by atoms with Gasteiger partial charge in [-0.25, -0.2) is 0 Å². The number of benzene rings is 1. The molecule has 1 aromatic rings. The number of aryl methyl sites for hydroxylation is 1. The molecule has 1 aliphatic carbocycles. The minimum absolute atomic E-state index is 0.103. The molecule has 102 valence electrons. The van der Waals surface area contributed by atoms with Crippen LogP contribution in [-0.2, 0) is 12.8 Å². The summed E-state index contributed by atoms with van der Waals surface area (Å²) in [6.45, 7) is 2.18. The van der Waals surface area contributed by atoms with Gasteiger partial charge in [0.15, 0.2) is 0 Å². The van der Waals surface area contributed by atoms with Crippen LogP contribution in [0.3, 0.4) is 0 Å². The number of nitriles is 1. The van der Waals surface area contributed by atoms with Crippen LogP contribution in [0.2, 0.25) is 0 Å². The molecule has 0 unspecified atom stereocenters. The Balaban J connectivity index is 2.09. The largest absolute Gasteiger partial charge is 0.198 e. The maximum atomic E-state index is 9.67. The summed E-state index contributed by atoms with van der Waals surface area (Å²) in [6.07, 6.45) is 10.6. The van der Waals surface area contributed by atoms with Crippen LogP contribution in [0.5, 0.6) is 0 Å². The molecule has 0 atom stereocenters. The third-order valence-electron chi connectivity index (χ3n) is 4.52. The predicted molar refractivity (Wildman–Crippen MR) is 79.9 cm³/mol. The summed E-state index contributed by atoms with van der Waals surface area (Å²) in [7, 11) is 0. The van der Waals surface area contributed by atoms with Gasteiger partial charge in [0, 0.05) is 0 Å². The lowest BCUT2D eigenvalue weighted by Gasteiger charge is -2.28. The minimum atomic E-state index is -0.103. The summed E-state index contributed by atoms with van der Waals surface area (Å²) in [5.74, 6) is 0. The first-order valence-corrected chi connectivity index (χ1v) is 7.77. The van der Waals surface area contributed by atoms with Crippen molar-refractivity contribution in [3.8, 4) is 6.07 Å². The molecule has 1 fully saturated rings. The summed E-state index contributed by atoms with van der Waals surface area (Å²) in [4.78, 5) is 0. The van der Waals surface area contributed by atoms with E-state index in [1.165, 1.54) is 43.2 Å². The van der Waals surface area contributed by atoms with E-state index in [0.717, 1.165) is 25.7 Å². The number of hydrogen-bond donors (Lipinski definition) is 0. The summed E-state index contributed by atoms with van der Waals surface area (Å²) >= 11 is 0. The molecule has 1 nitrogen and oxygen atoms in total. The standard InChI is InChI=1S/C18H25N/c1-2-16-8-10-17(11-9-16)14-18(15-19)12-6-4-3-5-7-13-18/h8-11H,2-7,12-14H2,1H3. The van der Waals surface area contributed by atoms with Crippen LogP contribution in [0.25, 0.3) is 0 Å². The molecular formula is C18H25N. The summed E-state index contributed by atoms with van der Waals surface area (Å²) < 4.78 is 0. The third kappa shape index (κ3) is 3.83. The second-order valence-corrected chi connectivity index (χ2v) is 6.01. The first-order valence-electron chi connectivity index (χ1n) is 7.77. The van der Waals surface area contributed by atoms with Crippen LogP contribution < -0.4 is 0 Å². The van der Waals surface area contributed by atoms with Crippen LogP contribution >= 0.6 is 0 Å². The quantitative estimate of drug-likeness (QED) is 0.741. The summed E-state index contributed by atoms with van der Waals surface area (Å²) in [5, 5.41) is 9.67. The van der Waals surface area contributed by atoms with Crippen LogP contribution in [0.15, 0.2) is 24.3 Å². The van der Waals surface area contributed by atoms with Gasteiger partial charge in [0.1, 0.15) is 0 Å². The lowest BCUT2D eigenvalue weighted by molar-refractivity contribution is 0.287. The number of hydrogen-bond acceptors (Lipinski definition) is 1. The zero-order valence-electron chi connectivity index (χ0n) is 12.1. The van der Waals surface area contributed by atoms with Gasteiger partial charge in [-0.05, 0) is 36.8 Å². The Hall–Kier alpha value is -1.29. The maximum absolute atomic E-state index is 9.67. The highest BCUT2D eigenvalue weighted by Crippen LogP contribution is 2.36. The lowest BCUT2D eigenvalue weighted by Crippen LogP contribution is -2.23. The Kier molecular flexibility index (Phi) is 5.02. The Labute approximate surface area is 117 Å². The van der Waals surface area contributed by atoms with E-state index in [2.05, 4.69) is 37.3 Å². The summed E-state index contributed by atoms with van der Waals surface area (Å²) in [6, 6.07) is 11.5. The molecule has 0 aliphatic heterocycles. The van der Waals surface area contributed by atoms with Gasteiger partial charge in [-0.3, -0.25) is 0 Å². The smallest absolute Gasteiger partial charge is 0.0693 e. The van der Waals surface area contributed by atoms with Crippen molar-refractivity contribution in [1.29, 1.82) is 5.26 Å². The monoisotopic (exact) mass is 255 g/mol. The van der Waals surface area contributed by atoms with E-state index in [-0.39, 0.29) is 5.41 Å². The van der Waals surface area contributed by atoms with E-state index < -0.39 is 0 Å². The van der Waals surface area contributed by atoms with Gasteiger partial charge in [0.2, 0.25) is 0 Å². The molecule has 0 amide bonds. The Morgan fingerprint density at radius 1 is 0.947 bits per heavy atom. The van der Waals surface area contributed by atoms with Crippen molar-refractivity contribution < 1.29 is 0 Å². The molecule has 1 heteroatoms. The van der Waals surface area contributed by atoms with Gasteiger partial charge in [-0.1, -0.05) is 63.3 Å². The normalized spacial score (nSPS) is 19.2. The van der Waals surface area contributed by atoms with Gasteiger partial charge < -0.3 is 0 Å². The van der Waals surface area contributed by atoms with Crippen LogP contribution in [0.4, 0.5) is 0 Å². The van der Waals surface area contributed by atoms with Crippen LogP contribution in [-0.4, -0.2) is 0 Å². The zero-order chi connectivity index (χ0) is 13.6. The molecule has 0 saturated heterocycles. The second-order valence-electron chi connectivity index (χ2n) is 6.01. The molecule has 0 aromatic heterocycles. The van der Waals surface area contributed by atoms with Crippen molar-refractivity contribution in [2.24, 2.45) is 5.41 Å². The Bertz CT molecular complexity index is 416. The van der Waals surface area contributed by atoms with Gasteiger partial charge in [0.25, 0.3) is 0 Å². The van der Waals surface area contributed by atoms with E-state index in [9.17, 15) is 5.26 Å². The average molecular weight is 255 g/mol. The predicted octanol–water partition coefficient (Wildman–Crippen LogP) is 5.05. The fourth-order valence-corrected chi connectivity index (χ4v) is 3.19. The van der Waals surface area contributed by atoms with E-state index in [4.69, 9.17) is 0 Å².